The van der Waals surface area contributed by atoms with Crippen molar-refractivity contribution in [3.63, 3.8) is 0 Å². The van der Waals surface area contributed by atoms with Crippen molar-refractivity contribution in [2.24, 2.45) is 5.92 Å². The highest BCUT2D eigenvalue weighted by Crippen LogP contribution is 2.46. The van der Waals surface area contributed by atoms with Gasteiger partial charge in [0, 0.05) is 11.1 Å². The van der Waals surface area contributed by atoms with Crippen LogP contribution in [-0.4, -0.2) is 9.97 Å². The van der Waals surface area contributed by atoms with Crippen molar-refractivity contribution in [2.75, 3.05) is 0 Å². The van der Waals surface area contributed by atoms with Gasteiger partial charge in [-0.2, -0.15) is 0 Å². The first-order valence-corrected chi connectivity index (χ1v) is 12.3. The Morgan fingerprint density at radius 3 is 2.09 bits per heavy atom. The van der Waals surface area contributed by atoms with Crippen molar-refractivity contribution >= 4 is 0 Å². The number of nitrogens with zero attached hydrogens (tertiary/aromatic N) is 2. The molecule has 1 aromatic heterocycles. The molecular formula is C30H40N2. The van der Waals surface area contributed by atoms with Gasteiger partial charge in [0.25, 0.3) is 0 Å². The molecule has 0 aliphatic carbocycles. The summed E-state index contributed by atoms with van der Waals surface area (Å²) in [7, 11) is 0. The smallest absolute Gasteiger partial charge is 0.116 e. The zero-order valence-corrected chi connectivity index (χ0v) is 21.3. The first-order valence-electron chi connectivity index (χ1n) is 12.3. The van der Waals surface area contributed by atoms with Gasteiger partial charge in [-0.05, 0) is 86.3 Å². The monoisotopic (exact) mass is 428 g/mol. The number of hydrogen-bond acceptors (Lipinski definition) is 2. The maximum absolute atomic E-state index is 4.81. The molecule has 0 aliphatic heterocycles. The van der Waals surface area contributed by atoms with E-state index in [1.165, 1.54) is 58.2 Å². The predicted molar refractivity (Wildman–Crippen MR) is 138 cm³/mol. The molecule has 1 atom stereocenters. The Morgan fingerprint density at radius 1 is 0.844 bits per heavy atom. The second-order valence-electron chi connectivity index (χ2n) is 9.83. The lowest BCUT2D eigenvalue weighted by Crippen LogP contribution is -2.33. The summed E-state index contributed by atoms with van der Waals surface area (Å²) < 4.78 is 0. The first-order chi connectivity index (χ1) is 15.2. The van der Waals surface area contributed by atoms with E-state index in [0.717, 1.165) is 17.8 Å². The van der Waals surface area contributed by atoms with E-state index in [0.29, 0.717) is 5.92 Å². The van der Waals surface area contributed by atoms with Crippen LogP contribution in [0.1, 0.15) is 81.2 Å². The Morgan fingerprint density at radius 2 is 1.50 bits per heavy atom. The third-order valence-corrected chi connectivity index (χ3v) is 7.37. The molecule has 0 fully saturated rings. The van der Waals surface area contributed by atoms with Crippen LogP contribution >= 0.6 is 0 Å². The summed E-state index contributed by atoms with van der Waals surface area (Å²) in [5.41, 5.74) is 11.4. The lowest BCUT2D eigenvalue weighted by Gasteiger charge is -2.40. The maximum atomic E-state index is 4.81. The number of rotatable bonds is 8. The highest BCUT2D eigenvalue weighted by Gasteiger charge is 2.37. The lowest BCUT2D eigenvalue weighted by molar-refractivity contribution is 0.265. The summed E-state index contributed by atoms with van der Waals surface area (Å²) in [6, 6.07) is 13.3. The summed E-state index contributed by atoms with van der Waals surface area (Å²) >= 11 is 0. The molecule has 3 rings (SSSR count). The highest BCUT2D eigenvalue weighted by atomic mass is 14.8. The van der Waals surface area contributed by atoms with Crippen LogP contribution in [0, 0.1) is 33.6 Å². The van der Waals surface area contributed by atoms with Crippen molar-refractivity contribution in [2.45, 2.75) is 86.5 Å². The van der Waals surface area contributed by atoms with Gasteiger partial charge in [0.1, 0.15) is 6.33 Å². The second kappa shape index (κ2) is 9.98. The van der Waals surface area contributed by atoms with E-state index in [-0.39, 0.29) is 5.41 Å². The van der Waals surface area contributed by atoms with E-state index in [4.69, 9.17) is 4.98 Å². The minimum atomic E-state index is 0.146. The summed E-state index contributed by atoms with van der Waals surface area (Å²) in [5.74, 6) is 0.555. The minimum absolute atomic E-state index is 0.146. The molecule has 0 amide bonds. The number of unbranched alkanes of at least 4 members (excludes halogenated alkanes) is 1. The fourth-order valence-corrected chi connectivity index (χ4v) is 5.65. The third kappa shape index (κ3) is 4.51. The Bertz CT molecular complexity index is 1060. The van der Waals surface area contributed by atoms with Crippen LogP contribution in [0.15, 0.2) is 42.7 Å². The molecule has 0 saturated heterocycles. The average Bonchev–Trinajstić information content (AvgIpc) is 2.75. The topological polar surface area (TPSA) is 25.8 Å². The molecule has 3 aromatic rings. The second-order valence-corrected chi connectivity index (χ2v) is 9.83. The van der Waals surface area contributed by atoms with Crippen molar-refractivity contribution in [3.8, 4) is 22.5 Å². The molecule has 170 valence electrons. The molecule has 0 radical (unpaired) electrons. The number of benzene rings is 2. The van der Waals surface area contributed by atoms with E-state index in [9.17, 15) is 0 Å². The molecule has 1 unspecified atom stereocenters. The van der Waals surface area contributed by atoms with Gasteiger partial charge in [0.05, 0.1) is 11.4 Å². The Hall–Kier alpha value is -2.48. The standard InChI is InChI=1S/C30H40N2/c1-9-11-15-30(10-2,20(3)4)29-24(8)16-21(5)17-25(29)26-18-27(32-19-31-26)28-22(6)13-12-14-23(28)7/h12-14,16-20H,9-11,15H2,1-8H3. The lowest BCUT2D eigenvalue weighted by atomic mass is 9.64. The van der Waals surface area contributed by atoms with Crippen molar-refractivity contribution < 1.29 is 0 Å². The molecule has 0 saturated carbocycles. The summed E-state index contributed by atoms with van der Waals surface area (Å²) in [6.45, 7) is 18.3. The van der Waals surface area contributed by atoms with Crippen LogP contribution in [0.5, 0.6) is 0 Å². The Labute approximate surface area is 195 Å². The SMILES string of the molecule is CCCCC(CC)(c1c(C)cc(C)cc1-c1cc(-c2c(C)cccc2C)ncn1)C(C)C. The van der Waals surface area contributed by atoms with Gasteiger partial charge >= 0.3 is 0 Å². The third-order valence-electron chi connectivity index (χ3n) is 7.37. The fraction of sp³-hybridized carbons (Fsp3) is 0.467. The van der Waals surface area contributed by atoms with E-state index >= 15 is 0 Å². The van der Waals surface area contributed by atoms with E-state index < -0.39 is 0 Å². The van der Waals surface area contributed by atoms with Gasteiger partial charge in [-0.3, -0.25) is 0 Å². The van der Waals surface area contributed by atoms with Crippen LogP contribution in [0.25, 0.3) is 22.5 Å². The van der Waals surface area contributed by atoms with Gasteiger partial charge in [-0.15, -0.1) is 0 Å². The van der Waals surface area contributed by atoms with Crippen molar-refractivity contribution in [1.29, 1.82) is 0 Å². The molecular weight excluding hydrogens is 388 g/mol. The van der Waals surface area contributed by atoms with E-state index in [2.05, 4.69) is 96.8 Å². The van der Waals surface area contributed by atoms with Gasteiger partial charge in [-0.25, -0.2) is 9.97 Å². The van der Waals surface area contributed by atoms with Crippen molar-refractivity contribution in [3.05, 3.63) is 70.5 Å². The summed E-state index contributed by atoms with van der Waals surface area (Å²) in [4.78, 5) is 9.50. The summed E-state index contributed by atoms with van der Waals surface area (Å²) in [6.07, 6.45) is 6.56. The molecule has 0 bridgehead atoms. The van der Waals surface area contributed by atoms with Gasteiger partial charge in [0.15, 0.2) is 0 Å². The molecule has 0 N–H and O–H groups in total. The largest absolute Gasteiger partial charge is 0.236 e. The van der Waals surface area contributed by atoms with Crippen molar-refractivity contribution in [1.82, 2.24) is 9.97 Å². The zero-order valence-electron chi connectivity index (χ0n) is 21.3. The van der Waals surface area contributed by atoms with E-state index in [1.54, 1.807) is 6.33 Å². The van der Waals surface area contributed by atoms with Crippen LogP contribution < -0.4 is 0 Å². The molecule has 2 aromatic carbocycles. The van der Waals surface area contributed by atoms with Gasteiger partial charge in [0.2, 0.25) is 0 Å². The predicted octanol–water partition coefficient (Wildman–Crippen LogP) is 8.54. The van der Waals surface area contributed by atoms with Crippen LogP contribution in [0.2, 0.25) is 0 Å². The average molecular weight is 429 g/mol. The van der Waals surface area contributed by atoms with Gasteiger partial charge < -0.3 is 0 Å². The zero-order chi connectivity index (χ0) is 23.5. The minimum Gasteiger partial charge on any atom is -0.236 e. The number of aryl methyl sites for hydroxylation is 4. The highest BCUT2D eigenvalue weighted by molar-refractivity contribution is 5.75. The normalized spacial score (nSPS) is 13.4. The van der Waals surface area contributed by atoms with Crippen LogP contribution in [0.4, 0.5) is 0 Å². The first kappa shape index (κ1) is 24.2. The molecule has 0 aliphatic rings. The Kier molecular flexibility index (Phi) is 7.54. The molecule has 1 heterocycles. The van der Waals surface area contributed by atoms with Gasteiger partial charge in [-0.1, -0.05) is 70.4 Å². The number of hydrogen-bond donors (Lipinski definition) is 0. The molecule has 2 heteroatoms. The fourth-order valence-electron chi connectivity index (χ4n) is 5.65. The van der Waals surface area contributed by atoms with Crippen LogP contribution in [-0.2, 0) is 5.41 Å². The van der Waals surface area contributed by atoms with Crippen LogP contribution in [0.3, 0.4) is 0 Å². The quantitative estimate of drug-likeness (QED) is 0.359. The maximum Gasteiger partial charge on any atom is 0.116 e. The molecule has 0 spiro atoms. The summed E-state index contributed by atoms with van der Waals surface area (Å²) in [5, 5.41) is 0. The molecule has 2 nitrogen and oxygen atoms in total. The van der Waals surface area contributed by atoms with E-state index in [1.807, 2.05) is 0 Å². The number of aromatic nitrogens is 2. The molecule has 32 heavy (non-hydrogen) atoms. The Balaban J connectivity index is 2.28.